The van der Waals surface area contributed by atoms with Gasteiger partial charge in [-0.2, -0.15) is 5.10 Å². The Balaban J connectivity index is 1.34. The summed E-state index contributed by atoms with van der Waals surface area (Å²) < 4.78 is 1.78. The van der Waals surface area contributed by atoms with Crippen LogP contribution in [0.15, 0.2) is 66.9 Å². The van der Waals surface area contributed by atoms with Crippen molar-refractivity contribution in [3.63, 3.8) is 0 Å². The van der Waals surface area contributed by atoms with Crippen molar-refractivity contribution in [2.24, 2.45) is 11.8 Å². The minimum atomic E-state index is -0.0106. The lowest BCUT2D eigenvalue weighted by atomic mass is 9.84. The van der Waals surface area contributed by atoms with Crippen molar-refractivity contribution in [2.75, 3.05) is 13.1 Å². The summed E-state index contributed by atoms with van der Waals surface area (Å²) in [5.41, 5.74) is 3.16. The number of piperidine rings is 1. The molecule has 1 saturated carbocycles. The van der Waals surface area contributed by atoms with Gasteiger partial charge in [0.25, 0.3) is 5.91 Å². The van der Waals surface area contributed by atoms with Crippen LogP contribution >= 0.6 is 0 Å². The number of nitrogens with one attached hydrogen (secondary N) is 1. The Morgan fingerprint density at radius 3 is 2.21 bits per heavy atom. The van der Waals surface area contributed by atoms with E-state index in [1.54, 1.807) is 4.68 Å². The number of para-hydroxylation sites is 1. The molecule has 1 atom stereocenters. The Kier molecular flexibility index (Phi) is 5.99. The second-order valence-electron chi connectivity index (χ2n) is 9.24. The van der Waals surface area contributed by atoms with Gasteiger partial charge in [0.15, 0.2) is 0 Å². The molecule has 0 bridgehead atoms. The van der Waals surface area contributed by atoms with Gasteiger partial charge < -0.3 is 10.2 Å². The fourth-order valence-electron chi connectivity index (χ4n) is 4.60. The number of hydrogen-bond acceptors (Lipinski definition) is 3. The van der Waals surface area contributed by atoms with Crippen LogP contribution in [0.1, 0.15) is 43.0 Å². The molecule has 0 spiro atoms. The van der Waals surface area contributed by atoms with E-state index in [-0.39, 0.29) is 17.7 Å². The van der Waals surface area contributed by atoms with Gasteiger partial charge in [-0.05, 0) is 43.7 Å². The van der Waals surface area contributed by atoms with Gasteiger partial charge in [-0.3, -0.25) is 9.59 Å². The van der Waals surface area contributed by atoms with Crippen molar-refractivity contribution in [1.29, 1.82) is 0 Å². The molecule has 3 aromatic rings. The van der Waals surface area contributed by atoms with E-state index in [1.165, 1.54) is 0 Å². The van der Waals surface area contributed by atoms with Crippen molar-refractivity contribution in [3.8, 4) is 16.9 Å². The molecular formula is C27H30N4O2. The van der Waals surface area contributed by atoms with Gasteiger partial charge in [-0.15, -0.1) is 0 Å². The SMILES string of the molecule is C[C@@H](C(=O)NC1CC1)C1CCN(C(=O)c2cn(-c3ccccc3)nc2-c2ccccc2)CC1. The van der Waals surface area contributed by atoms with Gasteiger partial charge in [0.1, 0.15) is 5.69 Å². The number of hydrogen-bond donors (Lipinski definition) is 1. The number of likely N-dealkylation sites (tertiary alicyclic amines) is 1. The molecule has 6 heteroatoms. The fourth-order valence-corrected chi connectivity index (χ4v) is 4.60. The molecule has 33 heavy (non-hydrogen) atoms. The molecule has 0 unspecified atom stereocenters. The van der Waals surface area contributed by atoms with Crippen LogP contribution in [0, 0.1) is 11.8 Å². The first-order valence-electron chi connectivity index (χ1n) is 11.9. The molecule has 6 nitrogen and oxygen atoms in total. The van der Waals surface area contributed by atoms with E-state index >= 15 is 0 Å². The number of carbonyl (C=O) groups excluding carboxylic acids is 2. The van der Waals surface area contributed by atoms with Crippen molar-refractivity contribution in [2.45, 2.75) is 38.6 Å². The zero-order chi connectivity index (χ0) is 22.8. The van der Waals surface area contributed by atoms with E-state index in [0.29, 0.717) is 36.3 Å². The summed E-state index contributed by atoms with van der Waals surface area (Å²) in [6, 6.07) is 20.1. The van der Waals surface area contributed by atoms with Crippen molar-refractivity contribution in [3.05, 3.63) is 72.4 Å². The molecule has 1 saturated heterocycles. The standard InChI is InChI=1S/C27H30N4O2/c1-19(26(32)28-22-12-13-22)20-14-16-30(17-15-20)27(33)24-18-31(23-10-6-3-7-11-23)29-25(24)21-8-4-2-5-9-21/h2-11,18-20,22H,12-17H2,1H3,(H,28,32)/t19-/m1/s1. The molecule has 170 valence electrons. The summed E-state index contributed by atoms with van der Waals surface area (Å²) in [5, 5.41) is 7.91. The van der Waals surface area contributed by atoms with Crippen molar-refractivity contribution < 1.29 is 9.59 Å². The minimum Gasteiger partial charge on any atom is -0.353 e. The predicted molar refractivity (Wildman–Crippen MR) is 128 cm³/mol. The van der Waals surface area contributed by atoms with Crippen LogP contribution in [0.5, 0.6) is 0 Å². The molecule has 1 N–H and O–H groups in total. The van der Waals surface area contributed by atoms with Crippen molar-refractivity contribution >= 4 is 11.8 Å². The Bertz CT molecular complexity index is 1110. The van der Waals surface area contributed by atoms with E-state index in [4.69, 9.17) is 5.10 Å². The normalized spacial score (nSPS) is 17.5. The summed E-state index contributed by atoms with van der Waals surface area (Å²) >= 11 is 0. The van der Waals surface area contributed by atoms with E-state index in [2.05, 4.69) is 5.32 Å². The average molecular weight is 443 g/mol. The zero-order valence-corrected chi connectivity index (χ0v) is 19.0. The number of rotatable bonds is 6. The Morgan fingerprint density at radius 1 is 0.939 bits per heavy atom. The first-order chi connectivity index (χ1) is 16.1. The number of benzene rings is 2. The number of carbonyl (C=O) groups is 2. The first-order valence-corrected chi connectivity index (χ1v) is 11.9. The van der Waals surface area contributed by atoms with Gasteiger partial charge in [0.05, 0.1) is 11.3 Å². The maximum atomic E-state index is 13.6. The van der Waals surface area contributed by atoms with Crippen LogP contribution in [0.2, 0.25) is 0 Å². The van der Waals surface area contributed by atoms with Crippen molar-refractivity contribution in [1.82, 2.24) is 20.0 Å². The van der Waals surface area contributed by atoms with Gasteiger partial charge in [0.2, 0.25) is 5.91 Å². The summed E-state index contributed by atoms with van der Waals surface area (Å²) in [5.74, 6) is 0.472. The minimum absolute atomic E-state index is 0.00423. The number of aromatic nitrogens is 2. The molecule has 2 amide bonds. The quantitative estimate of drug-likeness (QED) is 0.619. The largest absolute Gasteiger partial charge is 0.353 e. The second kappa shape index (κ2) is 9.22. The third kappa shape index (κ3) is 4.70. The highest BCUT2D eigenvalue weighted by Gasteiger charge is 2.33. The summed E-state index contributed by atoms with van der Waals surface area (Å²) in [6.45, 7) is 3.35. The van der Waals surface area contributed by atoms with Crippen LogP contribution in [-0.2, 0) is 4.79 Å². The Hall–Kier alpha value is -3.41. The van der Waals surface area contributed by atoms with Gasteiger partial charge in [-0.1, -0.05) is 55.5 Å². The highest BCUT2D eigenvalue weighted by Crippen LogP contribution is 2.30. The lowest BCUT2D eigenvalue weighted by molar-refractivity contribution is -0.126. The van der Waals surface area contributed by atoms with E-state index < -0.39 is 0 Å². The highest BCUT2D eigenvalue weighted by atomic mass is 16.2. The lowest BCUT2D eigenvalue weighted by Crippen LogP contribution is -2.43. The van der Waals surface area contributed by atoms with Crippen LogP contribution in [-0.4, -0.2) is 45.6 Å². The fraction of sp³-hybridized carbons (Fsp3) is 0.370. The lowest BCUT2D eigenvalue weighted by Gasteiger charge is -2.34. The molecule has 1 aliphatic heterocycles. The zero-order valence-electron chi connectivity index (χ0n) is 19.0. The smallest absolute Gasteiger partial charge is 0.257 e. The van der Waals surface area contributed by atoms with Crippen LogP contribution in [0.25, 0.3) is 16.9 Å². The molecule has 1 aliphatic carbocycles. The predicted octanol–water partition coefficient (Wildman–Crippen LogP) is 4.31. The van der Waals surface area contributed by atoms with Gasteiger partial charge in [-0.25, -0.2) is 4.68 Å². The summed E-state index contributed by atoms with van der Waals surface area (Å²) in [4.78, 5) is 28.0. The van der Waals surface area contributed by atoms with Gasteiger partial charge in [0, 0.05) is 36.8 Å². The molecular weight excluding hydrogens is 412 g/mol. The molecule has 2 fully saturated rings. The Morgan fingerprint density at radius 2 is 1.58 bits per heavy atom. The highest BCUT2D eigenvalue weighted by molar-refractivity contribution is 6.00. The maximum Gasteiger partial charge on any atom is 0.257 e. The third-order valence-electron chi connectivity index (χ3n) is 6.88. The monoisotopic (exact) mass is 442 g/mol. The van der Waals surface area contributed by atoms with E-state index in [9.17, 15) is 9.59 Å². The summed E-state index contributed by atoms with van der Waals surface area (Å²) in [7, 11) is 0. The Labute approximate surface area is 194 Å². The second-order valence-corrected chi connectivity index (χ2v) is 9.24. The molecule has 2 heterocycles. The summed E-state index contributed by atoms with van der Waals surface area (Å²) in [6.07, 6.45) is 5.74. The average Bonchev–Trinajstić information content (AvgIpc) is 3.58. The van der Waals surface area contributed by atoms with Crippen LogP contribution in [0.3, 0.4) is 0 Å². The van der Waals surface area contributed by atoms with E-state index in [0.717, 1.165) is 36.9 Å². The maximum absolute atomic E-state index is 13.6. The molecule has 1 aromatic heterocycles. The molecule has 0 radical (unpaired) electrons. The number of nitrogens with zero attached hydrogens (tertiary/aromatic N) is 3. The molecule has 2 aliphatic rings. The van der Waals surface area contributed by atoms with E-state index in [1.807, 2.05) is 78.7 Å². The third-order valence-corrected chi connectivity index (χ3v) is 6.88. The van der Waals surface area contributed by atoms with Crippen LogP contribution in [0.4, 0.5) is 0 Å². The topological polar surface area (TPSA) is 67.2 Å². The number of amides is 2. The first kappa shape index (κ1) is 21.4. The molecule has 5 rings (SSSR count). The molecule has 2 aromatic carbocycles. The van der Waals surface area contributed by atoms with Crippen LogP contribution < -0.4 is 5.32 Å². The van der Waals surface area contributed by atoms with Gasteiger partial charge >= 0.3 is 0 Å².